The first-order valence-corrected chi connectivity index (χ1v) is 18.0. The quantitative estimate of drug-likeness (QED) is 0.233. The average Bonchev–Trinajstić information content (AvgIpc) is 2.86. The molecule has 0 aliphatic carbocycles. The molecule has 0 N–H and O–H groups in total. The Morgan fingerprint density at radius 3 is 0.634 bits per heavy atom. The van der Waals surface area contributed by atoms with Gasteiger partial charge in [-0.05, 0) is 30.1 Å². The van der Waals surface area contributed by atoms with Crippen molar-refractivity contribution in [1.29, 1.82) is 0 Å². The molecule has 0 amide bonds. The van der Waals surface area contributed by atoms with Gasteiger partial charge in [0, 0.05) is 6.42 Å². The minimum atomic E-state index is -3.95. The molecular weight excluding hydrogens is 513 g/mol. The van der Waals surface area contributed by atoms with Crippen LogP contribution in [0.1, 0.15) is 221 Å². The third-order valence-corrected chi connectivity index (χ3v) is 5.11. The maximum Gasteiger partial charge on any atom is 0.389 e. The topological polar surface area (TPSA) is 0 Å². The molecule has 3 heteroatoms. The fourth-order valence-corrected chi connectivity index (χ4v) is 1.79. The Morgan fingerprint density at radius 1 is 0.390 bits per heavy atom. The van der Waals surface area contributed by atoms with Crippen LogP contribution in [0.5, 0.6) is 0 Å². The second kappa shape index (κ2) is 59.2. The molecule has 41 heavy (non-hydrogen) atoms. The summed E-state index contributed by atoms with van der Waals surface area (Å²) in [6, 6.07) is 0. The van der Waals surface area contributed by atoms with Gasteiger partial charge in [-0.15, -0.1) is 0 Å². The van der Waals surface area contributed by atoms with Gasteiger partial charge in [0.2, 0.25) is 0 Å². The van der Waals surface area contributed by atoms with Crippen molar-refractivity contribution in [3.63, 3.8) is 0 Å². The molecule has 0 fully saturated rings. The molecule has 0 aliphatic heterocycles. The van der Waals surface area contributed by atoms with Crippen molar-refractivity contribution in [2.24, 2.45) is 23.7 Å². The van der Waals surface area contributed by atoms with Crippen LogP contribution >= 0.6 is 0 Å². The largest absolute Gasteiger partial charge is 0.389 e. The molecule has 0 heterocycles. The number of unbranched alkanes of at least 4 members (excludes halogenated alkanes) is 3. The summed E-state index contributed by atoms with van der Waals surface area (Å²) in [4.78, 5) is 0. The first-order valence-electron chi connectivity index (χ1n) is 18.0. The number of hydrogen-bond acceptors (Lipinski definition) is 0. The van der Waals surface area contributed by atoms with Gasteiger partial charge in [-0.25, -0.2) is 0 Å². The predicted molar refractivity (Wildman–Crippen MR) is 192 cm³/mol. The molecule has 0 radical (unpaired) electrons. The van der Waals surface area contributed by atoms with Crippen LogP contribution in [0.4, 0.5) is 13.2 Å². The van der Waals surface area contributed by atoms with Crippen molar-refractivity contribution in [1.82, 2.24) is 0 Å². The van der Waals surface area contributed by atoms with Crippen molar-refractivity contribution in [3.05, 3.63) is 0 Å². The van der Waals surface area contributed by atoms with E-state index in [0.29, 0.717) is 0 Å². The molecule has 0 aromatic rings. The van der Waals surface area contributed by atoms with Gasteiger partial charge in [-0.2, -0.15) is 13.2 Å². The van der Waals surface area contributed by atoms with E-state index in [1.54, 1.807) is 0 Å². The lowest BCUT2D eigenvalue weighted by Gasteiger charge is -2.00. The average molecular weight is 603 g/mol. The fourth-order valence-electron chi connectivity index (χ4n) is 1.79. The third kappa shape index (κ3) is 202. The molecule has 0 spiro atoms. The highest BCUT2D eigenvalue weighted by atomic mass is 19.4. The SMILES string of the molecule is CCC.CCC(C)C.CCC(C)C.CCCC.CCCC(C)C.CCCC(C)C.CCCC(F)(F)F.CCCCC. The number of rotatable bonds is 10. The highest BCUT2D eigenvalue weighted by Gasteiger charge is 2.24. The Morgan fingerprint density at radius 2 is 0.634 bits per heavy atom. The number of hydrogen-bond donors (Lipinski definition) is 0. The van der Waals surface area contributed by atoms with E-state index in [2.05, 4.69) is 125 Å². The molecule has 0 unspecified atom stereocenters. The molecule has 0 saturated carbocycles. The van der Waals surface area contributed by atoms with E-state index < -0.39 is 12.6 Å². The van der Waals surface area contributed by atoms with Crippen molar-refractivity contribution >= 4 is 0 Å². The zero-order valence-corrected chi connectivity index (χ0v) is 32.8. The van der Waals surface area contributed by atoms with Crippen LogP contribution in [0, 0.1) is 23.7 Å². The standard InChI is InChI=1S/2C6H14.3C5H12.C4H7F3.C4H10.C3H8/c2*1-4-5-6(2)3;2*1-4-5(2)3;1-3-5-4-2;1-2-3-4(5,6)7;1-3-4-2;1-3-2/h2*6H,4-5H2,1-3H3;2*5H,4H2,1-3H3;3-5H2,1-2H3;2-3H2,1H3;3-4H2,1-2H3;3H2,1-2H3. The van der Waals surface area contributed by atoms with Crippen LogP contribution in [-0.2, 0) is 0 Å². The van der Waals surface area contributed by atoms with Crippen molar-refractivity contribution < 1.29 is 13.2 Å². The molecule has 0 nitrogen and oxygen atoms in total. The zero-order chi connectivity index (χ0) is 34.7. The van der Waals surface area contributed by atoms with Gasteiger partial charge in [0.25, 0.3) is 0 Å². The van der Waals surface area contributed by atoms with E-state index in [1.807, 2.05) is 0 Å². The van der Waals surface area contributed by atoms with Crippen LogP contribution in [0.2, 0.25) is 0 Å². The highest BCUT2D eigenvalue weighted by molar-refractivity contribution is 4.45. The molecular formula is C38H89F3. The van der Waals surface area contributed by atoms with Crippen LogP contribution in [-0.4, -0.2) is 6.18 Å². The van der Waals surface area contributed by atoms with Crippen molar-refractivity contribution in [2.75, 3.05) is 0 Å². The number of halogens is 3. The summed E-state index contributed by atoms with van der Waals surface area (Å²) in [7, 11) is 0. The first-order chi connectivity index (χ1) is 18.9. The smallest absolute Gasteiger partial charge is 0.171 e. The third-order valence-electron chi connectivity index (χ3n) is 5.11. The summed E-state index contributed by atoms with van der Waals surface area (Å²) in [6.07, 6.45) is 11.6. The lowest BCUT2D eigenvalue weighted by Crippen LogP contribution is -2.04. The Kier molecular flexibility index (Phi) is 86.8. The van der Waals surface area contributed by atoms with Crippen LogP contribution in [0.25, 0.3) is 0 Å². The lowest BCUT2D eigenvalue weighted by atomic mass is 10.1. The van der Waals surface area contributed by atoms with E-state index >= 15 is 0 Å². The van der Waals surface area contributed by atoms with E-state index in [4.69, 9.17) is 0 Å². The maximum atomic E-state index is 11.1. The Bertz CT molecular complexity index is 296. The molecule has 0 rings (SSSR count). The summed E-state index contributed by atoms with van der Waals surface area (Å²) < 4.78 is 33.2. The van der Waals surface area contributed by atoms with Crippen LogP contribution in [0.15, 0.2) is 0 Å². The summed E-state index contributed by atoms with van der Waals surface area (Å²) in [5, 5.41) is 0. The predicted octanol–water partition coefficient (Wildman–Crippen LogP) is 16.8. The van der Waals surface area contributed by atoms with Gasteiger partial charge in [0.15, 0.2) is 0 Å². The van der Waals surface area contributed by atoms with Gasteiger partial charge in [-0.3, -0.25) is 0 Å². The Labute approximate surface area is 264 Å². The van der Waals surface area contributed by atoms with Crippen LogP contribution in [0.3, 0.4) is 0 Å². The van der Waals surface area contributed by atoms with Gasteiger partial charge in [0.05, 0.1) is 0 Å². The molecule has 0 aromatic heterocycles. The van der Waals surface area contributed by atoms with Crippen molar-refractivity contribution in [2.45, 2.75) is 228 Å². The zero-order valence-electron chi connectivity index (χ0n) is 32.8. The van der Waals surface area contributed by atoms with Gasteiger partial charge < -0.3 is 0 Å². The van der Waals surface area contributed by atoms with E-state index in [9.17, 15) is 13.2 Å². The monoisotopic (exact) mass is 603 g/mol. The minimum absolute atomic E-state index is 0.184. The summed E-state index contributed by atoms with van der Waals surface area (Å²) >= 11 is 0. The molecule has 0 aromatic carbocycles. The van der Waals surface area contributed by atoms with Gasteiger partial charge >= 0.3 is 6.18 Å². The van der Waals surface area contributed by atoms with E-state index in [1.165, 1.54) is 84.0 Å². The summed E-state index contributed by atoms with van der Waals surface area (Å²) in [6.45, 7) is 41.3. The molecule has 0 bridgehead atoms. The first kappa shape index (κ1) is 60.1. The number of alkyl halides is 3. The van der Waals surface area contributed by atoms with Gasteiger partial charge in [0.1, 0.15) is 0 Å². The second-order valence-corrected chi connectivity index (χ2v) is 12.4. The van der Waals surface area contributed by atoms with E-state index in [0.717, 1.165) is 23.7 Å². The second-order valence-electron chi connectivity index (χ2n) is 12.4. The Balaban J connectivity index is -0.0000000511. The summed E-state index contributed by atoms with van der Waals surface area (Å²) in [5.74, 6) is 3.56. The Hall–Kier alpha value is -0.210. The molecule has 262 valence electrons. The molecule has 0 atom stereocenters. The van der Waals surface area contributed by atoms with E-state index in [-0.39, 0.29) is 6.42 Å². The molecule has 0 saturated heterocycles. The van der Waals surface area contributed by atoms with Crippen LogP contribution < -0.4 is 0 Å². The lowest BCUT2D eigenvalue weighted by molar-refractivity contribution is -0.134. The molecule has 0 aliphatic rings. The normalized spacial score (nSPS) is 9.51. The van der Waals surface area contributed by atoms with Crippen molar-refractivity contribution in [3.8, 4) is 0 Å². The summed E-state index contributed by atoms with van der Waals surface area (Å²) in [5.41, 5.74) is 0. The maximum absolute atomic E-state index is 11.1. The minimum Gasteiger partial charge on any atom is -0.171 e. The fraction of sp³-hybridized carbons (Fsp3) is 1.00. The van der Waals surface area contributed by atoms with Gasteiger partial charge in [-0.1, -0.05) is 209 Å². The highest BCUT2D eigenvalue weighted by Crippen LogP contribution is 2.20.